The number of hydrogen-bond donors (Lipinski definition) is 1. The number of carbonyl (C=O) groups excluding carboxylic acids is 1. The number of halogens is 3. The summed E-state index contributed by atoms with van der Waals surface area (Å²) in [5.41, 5.74) is 0.637. The second kappa shape index (κ2) is 9.25. The Morgan fingerprint density at radius 3 is 2.93 bits per heavy atom. The summed E-state index contributed by atoms with van der Waals surface area (Å²) in [6.07, 6.45) is 1.68. The molecule has 2 aromatic carbocycles. The zero-order chi connectivity index (χ0) is 21.1. The number of fused-ring (bicyclic) bond motifs is 1. The van der Waals surface area contributed by atoms with Crippen LogP contribution in [0.1, 0.15) is 23.4 Å². The van der Waals surface area contributed by atoms with Crippen LogP contribution in [0.4, 0.5) is 4.39 Å². The van der Waals surface area contributed by atoms with Gasteiger partial charge in [-0.15, -0.1) is 0 Å². The zero-order valence-electron chi connectivity index (χ0n) is 16.2. The lowest BCUT2D eigenvalue weighted by molar-refractivity contribution is 0.0911. The minimum atomic E-state index is -0.486. The van der Waals surface area contributed by atoms with Crippen molar-refractivity contribution in [2.75, 3.05) is 26.2 Å². The Labute approximate surface area is 183 Å². The van der Waals surface area contributed by atoms with Crippen molar-refractivity contribution in [1.29, 1.82) is 0 Å². The van der Waals surface area contributed by atoms with Gasteiger partial charge in [-0.1, -0.05) is 23.2 Å². The lowest BCUT2D eigenvalue weighted by atomic mass is 10.2. The topological polar surface area (TPSA) is 54.7 Å². The summed E-state index contributed by atoms with van der Waals surface area (Å²) < 4.78 is 24.6. The Hall–Kier alpha value is -2.28. The van der Waals surface area contributed by atoms with Crippen molar-refractivity contribution in [1.82, 2.24) is 10.2 Å². The minimum Gasteiger partial charge on any atom is -0.493 e. The van der Waals surface area contributed by atoms with Crippen molar-refractivity contribution in [2.45, 2.75) is 18.9 Å². The van der Waals surface area contributed by atoms with E-state index in [0.717, 1.165) is 37.9 Å². The van der Waals surface area contributed by atoms with Crippen molar-refractivity contribution < 1.29 is 18.3 Å². The fourth-order valence-electron chi connectivity index (χ4n) is 3.58. The van der Waals surface area contributed by atoms with E-state index < -0.39 is 5.82 Å². The van der Waals surface area contributed by atoms with Gasteiger partial charge in [0, 0.05) is 42.2 Å². The quantitative estimate of drug-likeness (QED) is 0.505. The Kier molecular flexibility index (Phi) is 6.46. The van der Waals surface area contributed by atoms with Crippen molar-refractivity contribution in [3.63, 3.8) is 0 Å². The van der Waals surface area contributed by atoms with Crippen LogP contribution in [0.3, 0.4) is 0 Å². The van der Waals surface area contributed by atoms with E-state index in [1.165, 1.54) is 12.1 Å². The minimum absolute atomic E-state index is 0.0700. The van der Waals surface area contributed by atoms with Crippen molar-refractivity contribution in [3.05, 3.63) is 64.1 Å². The lowest BCUT2D eigenvalue weighted by Gasteiger charge is -2.16. The van der Waals surface area contributed by atoms with E-state index in [1.807, 2.05) is 0 Å². The van der Waals surface area contributed by atoms with E-state index in [2.05, 4.69) is 10.2 Å². The first-order chi connectivity index (χ1) is 14.5. The second-order valence-electron chi connectivity index (χ2n) is 7.33. The van der Waals surface area contributed by atoms with Gasteiger partial charge in [0.15, 0.2) is 5.76 Å². The largest absolute Gasteiger partial charge is 0.493 e. The third-order valence-electron chi connectivity index (χ3n) is 5.09. The van der Waals surface area contributed by atoms with Crippen LogP contribution >= 0.6 is 23.2 Å². The average Bonchev–Trinajstić information content (AvgIpc) is 3.34. The van der Waals surface area contributed by atoms with E-state index in [-0.39, 0.29) is 22.7 Å². The number of ether oxygens (including phenoxy) is 1. The Bertz CT molecular complexity index is 1060. The Balaban J connectivity index is 1.21. The van der Waals surface area contributed by atoms with Crippen LogP contribution in [0, 0.1) is 5.82 Å². The molecule has 5 nitrogen and oxygen atoms in total. The maximum absolute atomic E-state index is 13.4. The predicted molar refractivity (Wildman–Crippen MR) is 115 cm³/mol. The van der Waals surface area contributed by atoms with Gasteiger partial charge < -0.3 is 19.4 Å². The number of furan rings is 1. The Morgan fingerprint density at radius 1 is 1.23 bits per heavy atom. The van der Waals surface area contributed by atoms with Crippen LogP contribution in [0.15, 0.2) is 46.9 Å². The van der Waals surface area contributed by atoms with Crippen molar-refractivity contribution in [2.24, 2.45) is 0 Å². The molecule has 1 aromatic heterocycles. The monoisotopic (exact) mass is 450 g/mol. The van der Waals surface area contributed by atoms with Gasteiger partial charge >= 0.3 is 0 Å². The molecular weight excluding hydrogens is 430 g/mol. The van der Waals surface area contributed by atoms with Crippen LogP contribution < -0.4 is 10.1 Å². The zero-order valence-corrected chi connectivity index (χ0v) is 17.7. The van der Waals surface area contributed by atoms with Gasteiger partial charge in [0.1, 0.15) is 17.1 Å². The second-order valence-corrected chi connectivity index (χ2v) is 8.17. The number of amides is 1. The van der Waals surface area contributed by atoms with E-state index >= 15 is 0 Å². The van der Waals surface area contributed by atoms with Crippen molar-refractivity contribution >= 4 is 40.1 Å². The van der Waals surface area contributed by atoms with Crippen LogP contribution in [0.5, 0.6) is 5.75 Å². The van der Waals surface area contributed by atoms with Gasteiger partial charge in [-0.2, -0.15) is 0 Å². The lowest BCUT2D eigenvalue weighted by Crippen LogP contribution is -2.37. The third-order valence-corrected chi connectivity index (χ3v) is 5.63. The molecule has 4 rings (SSSR count). The first-order valence-corrected chi connectivity index (χ1v) is 10.5. The van der Waals surface area contributed by atoms with Gasteiger partial charge in [-0.25, -0.2) is 4.39 Å². The normalized spacial score (nSPS) is 16.8. The summed E-state index contributed by atoms with van der Waals surface area (Å²) in [5.74, 6) is 0.0482. The van der Waals surface area contributed by atoms with E-state index in [1.54, 1.807) is 30.3 Å². The molecule has 1 unspecified atom stereocenters. The number of nitrogens with zero attached hydrogens (tertiary/aromatic N) is 1. The molecule has 0 bridgehead atoms. The molecule has 1 aliphatic heterocycles. The molecule has 1 amide bonds. The average molecular weight is 451 g/mol. The van der Waals surface area contributed by atoms with Gasteiger partial charge in [0.2, 0.25) is 0 Å². The molecule has 1 fully saturated rings. The predicted octanol–water partition coefficient (Wildman–Crippen LogP) is 5.15. The molecule has 1 aliphatic rings. The molecule has 0 spiro atoms. The summed E-state index contributed by atoms with van der Waals surface area (Å²) in [6.45, 7) is 2.99. The molecule has 8 heteroatoms. The highest BCUT2D eigenvalue weighted by atomic mass is 35.5. The molecule has 1 saturated heterocycles. The number of carbonyl (C=O) groups is 1. The number of likely N-dealkylation sites (tertiary alicyclic amines) is 1. The molecule has 0 aliphatic carbocycles. The highest BCUT2D eigenvalue weighted by Crippen LogP contribution is 2.23. The number of hydrogen-bond acceptors (Lipinski definition) is 4. The smallest absolute Gasteiger partial charge is 0.287 e. The summed E-state index contributed by atoms with van der Waals surface area (Å²) in [4.78, 5) is 14.8. The number of rotatable bonds is 7. The molecule has 158 valence electrons. The standard InChI is InChI=1S/C22H21Cl2FN2O3/c23-15-2-5-20-14(10-15)11-21(30-20)22(28)26-16-6-8-27(13-16)7-1-9-29-17-3-4-18(24)19(25)12-17/h2-5,10-12,16H,1,6-9,13H2,(H,26,28). The molecular formula is C22H21Cl2FN2O3. The fourth-order valence-corrected chi connectivity index (χ4v) is 3.88. The molecule has 30 heavy (non-hydrogen) atoms. The van der Waals surface area contributed by atoms with Gasteiger partial charge in [-0.3, -0.25) is 4.79 Å². The Morgan fingerprint density at radius 2 is 2.10 bits per heavy atom. The summed E-state index contributed by atoms with van der Waals surface area (Å²) >= 11 is 11.6. The van der Waals surface area contributed by atoms with E-state index in [0.29, 0.717) is 23.0 Å². The maximum atomic E-state index is 13.4. The molecule has 0 radical (unpaired) electrons. The van der Waals surface area contributed by atoms with Gasteiger partial charge in [-0.05, 0) is 49.2 Å². The first-order valence-electron chi connectivity index (χ1n) is 9.78. The summed E-state index contributed by atoms with van der Waals surface area (Å²) in [5, 5.41) is 4.53. The molecule has 2 heterocycles. The van der Waals surface area contributed by atoms with Crippen LogP contribution in [0.25, 0.3) is 11.0 Å². The molecule has 3 aromatic rings. The van der Waals surface area contributed by atoms with Gasteiger partial charge in [0.05, 0.1) is 11.6 Å². The highest BCUT2D eigenvalue weighted by Gasteiger charge is 2.25. The van der Waals surface area contributed by atoms with Crippen molar-refractivity contribution in [3.8, 4) is 5.75 Å². The number of nitrogens with one attached hydrogen (secondary N) is 1. The summed E-state index contributed by atoms with van der Waals surface area (Å²) in [6, 6.07) is 11.5. The van der Waals surface area contributed by atoms with Crippen LogP contribution in [0.2, 0.25) is 10.0 Å². The first kappa shape index (κ1) is 21.0. The highest BCUT2D eigenvalue weighted by molar-refractivity contribution is 6.31. The van der Waals surface area contributed by atoms with Crippen LogP contribution in [-0.4, -0.2) is 43.1 Å². The van der Waals surface area contributed by atoms with Gasteiger partial charge in [0.25, 0.3) is 5.91 Å². The summed E-state index contributed by atoms with van der Waals surface area (Å²) in [7, 11) is 0. The van der Waals surface area contributed by atoms with E-state index in [9.17, 15) is 9.18 Å². The molecule has 1 atom stereocenters. The number of benzene rings is 2. The maximum Gasteiger partial charge on any atom is 0.287 e. The molecule has 1 N–H and O–H groups in total. The molecule has 0 saturated carbocycles. The fraction of sp³-hybridized carbons (Fsp3) is 0.318. The third kappa shape index (κ3) is 5.06. The van der Waals surface area contributed by atoms with Crippen LogP contribution in [-0.2, 0) is 0 Å². The van der Waals surface area contributed by atoms with E-state index in [4.69, 9.17) is 32.4 Å². The SMILES string of the molecule is O=C(NC1CCN(CCCOc2ccc(Cl)c(F)c2)C1)c1cc2cc(Cl)ccc2o1.